The van der Waals surface area contributed by atoms with E-state index in [0.29, 0.717) is 6.54 Å². The summed E-state index contributed by atoms with van der Waals surface area (Å²) in [5.41, 5.74) is 0.582. The van der Waals surface area contributed by atoms with Crippen molar-refractivity contribution in [3.05, 3.63) is 41.7 Å². The van der Waals surface area contributed by atoms with Gasteiger partial charge in [-0.1, -0.05) is 19.1 Å². The molecule has 1 aliphatic rings. The van der Waals surface area contributed by atoms with Crippen LogP contribution in [-0.4, -0.2) is 64.1 Å². The molecule has 2 heterocycles. The molecular formula is C17H23N5O3S. The molecule has 1 aromatic heterocycles. The Hall–Kier alpha value is -2.26. The maximum absolute atomic E-state index is 13.1. The molecule has 2 aromatic rings. The van der Waals surface area contributed by atoms with Crippen molar-refractivity contribution in [2.45, 2.75) is 37.6 Å². The Balaban J connectivity index is 1.82. The van der Waals surface area contributed by atoms with E-state index in [1.165, 1.54) is 10.5 Å². The van der Waals surface area contributed by atoms with Gasteiger partial charge >= 0.3 is 0 Å². The van der Waals surface area contributed by atoms with E-state index >= 15 is 0 Å². The van der Waals surface area contributed by atoms with Crippen LogP contribution in [0, 0.1) is 0 Å². The summed E-state index contributed by atoms with van der Waals surface area (Å²) in [6.07, 6.45) is 2.22. The molecule has 0 saturated carbocycles. The Morgan fingerprint density at radius 2 is 1.92 bits per heavy atom. The van der Waals surface area contributed by atoms with Crippen LogP contribution in [0.2, 0.25) is 0 Å². The fraction of sp³-hybridized carbons (Fsp3) is 0.471. The third kappa shape index (κ3) is 3.36. The number of benzene rings is 1. The van der Waals surface area contributed by atoms with E-state index < -0.39 is 15.6 Å². The van der Waals surface area contributed by atoms with Crippen LogP contribution in [0.3, 0.4) is 0 Å². The minimum Gasteiger partial charge on any atom is -0.334 e. The third-order valence-corrected chi connectivity index (χ3v) is 6.79. The highest BCUT2D eigenvalue weighted by Gasteiger charge is 2.43. The Labute approximate surface area is 153 Å². The molecule has 1 fully saturated rings. The van der Waals surface area contributed by atoms with Gasteiger partial charge in [0.2, 0.25) is 10.0 Å². The molecule has 0 atom stereocenters. The summed E-state index contributed by atoms with van der Waals surface area (Å²) in [6, 6.07) is 6.97. The number of rotatable bonds is 4. The van der Waals surface area contributed by atoms with Crippen molar-refractivity contribution in [1.82, 2.24) is 24.6 Å². The van der Waals surface area contributed by atoms with Gasteiger partial charge in [-0.3, -0.25) is 4.79 Å². The molecule has 0 unspecified atom stereocenters. The largest absolute Gasteiger partial charge is 0.334 e. The zero-order chi connectivity index (χ0) is 18.9. The number of amides is 1. The normalized spacial score (nSPS) is 18.0. The molecule has 140 valence electrons. The maximum Gasteiger partial charge on any atom is 0.276 e. The Morgan fingerprint density at radius 1 is 1.23 bits per heavy atom. The van der Waals surface area contributed by atoms with Crippen molar-refractivity contribution in [2.75, 3.05) is 19.6 Å². The molecule has 9 heteroatoms. The lowest BCUT2D eigenvalue weighted by Crippen LogP contribution is -2.61. The van der Waals surface area contributed by atoms with Crippen LogP contribution in [0.1, 0.15) is 36.8 Å². The smallest absolute Gasteiger partial charge is 0.276 e. The van der Waals surface area contributed by atoms with Gasteiger partial charge in [-0.15, -0.1) is 0 Å². The number of piperazine rings is 1. The van der Waals surface area contributed by atoms with Gasteiger partial charge in [-0.05, 0) is 38.0 Å². The maximum atomic E-state index is 13.1. The van der Waals surface area contributed by atoms with Gasteiger partial charge < -0.3 is 4.90 Å². The summed E-state index contributed by atoms with van der Waals surface area (Å²) in [6.45, 7) is 6.50. The summed E-state index contributed by atoms with van der Waals surface area (Å²) in [4.78, 5) is 14.4. The number of sulfonamides is 1. The zero-order valence-electron chi connectivity index (χ0n) is 15.1. The van der Waals surface area contributed by atoms with E-state index in [-0.39, 0.29) is 29.6 Å². The lowest BCUT2D eigenvalue weighted by Gasteiger charge is -2.45. The first-order valence-corrected chi connectivity index (χ1v) is 9.96. The van der Waals surface area contributed by atoms with Crippen LogP contribution in [0.4, 0.5) is 0 Å². The van der Waals surface area contributed by atoms with Gasteiger partial charge in [0.05, 0.1) is 11.1 Å². The first kappa shape index (κ1) is 18.5. The Morgan fingerprint density at radius 3 is 2.46 bits per heavy atom. The van der Waals surface area contributed by atoms with Crippen LogP contribution in [0.5, 0.6) is 0 Å². The van der Waals surface area contributed by atoms with Crippen molar-refractivity contribution < 1.29 is 13.2 Å². The van der Waals surface area contributed by atoms with Gasteiger partial charge in [-0.2, -0.15) is 19.7 Å². The quantitative estimate of drug-likeness (QED) is 0.866. The lowest BCUT2D eigenvalue weighted by molar-refractivity contribution is 0.0489. The second kappa shape index (κ2) is 6.81. The predicted molar refractivity (Wildman–Crippen MR) is 96.1 cm³/mol. The van der Waals surface area contributed by atoms with Gasteiger partial charge in [0.1, 0.15) is 0 Å². The highest BCUT2D eigenvalue weighted by Crippen LogP contribution is 2.29. The van der Waals surface area contributed by atoms with Gasteiger partial charge in [0.25, 0.3) is 5.91 Å². The van der Waals surface area contributed by atoms with Gasteiger partial charge in [0.15, 0.2) is 5.69 Å². The number of nitrogens with zero attached hydrogens (tertiary/aromatic N) is 4. The number of nitrogens with one attached hydrogen (secondary N) is 1. The number of carbonyl (C=O) groups is 1. The minimum absolute atomic E-state index is 0.229. The van der Waals surface area contributed by atoms with Crippen molar-refractivity contribution in [2.24, 2.45) is 0 Å². The van der Waals surface area contributed by atoms with Crippen LogP contribution in [0.15, 0.2) is 35.4 Å². The first-order chi connectivity index (χ1) is 12.3. The number of hydrogen-bond acceptors (Lipinski definition) is 5. The van der Waals surface area contributed by atoms with E-state index in [4.69, 9.17) is 0 Å². The number of aromatic amines is 1. The average molecular weight is 377 g/mol. The van der Waals surface area contributed by atoms with Crippen LogP contribution >= 0.6 is 0 Å². The van der Waals surface area contributed by atoms with Crippen molar-refractivity contribution in [1.29, 1.82) is 0 Å². The number of carbonyl (C=O) groups excluding carboxylic acids is 1. The molecule has 8 nitrogen and oxygen atoms in total. The lowest BCUT2D eigenvalue weighted by atomic mass is 10.0. The molecule has 0 bridgehead atoms. The number of aromatic nitrogens is 3. The standard InChI is InChI=1S/C17H23N5O3S/c1-4-13-5-7-14(8-6-13)26(24,25)22-10-9-21(12-17(22,2)3)16(23)15-11-18-20-19-15/h5-8,11H,4,9-10,12H2,1-3H3,(H,18,19,20). The van der Waals surface area contributed by atoms with E-state index in [1.807, 2.05) is 32.9 Å². The topological polar surface area (TPSA) is 99.3 Å². The summed E-state index contributed by atoms with van der Waals surface area (Å²) in [5.74, 6) is -0.254. The molecule has 1 aliphatic heterocycles. The van der Waals surface area contributed by atoms with E-state index in [1.54, 1.807) is 17.0 Å². The molecule has 1 saturated heterocycles. The highest BCUT2D eigenvalue weighted by atomic mass is 32.2. The molecule has 1 aromatic carbocycles. The SMILES string of the molecule is CCc1ccc(S(=O)(=O)N2CCN(C(=O)c3cn[nH]n3)CC2(C)C)cc1. The molecule has 0 aliphatic carbocycles. The predicted octanol–water partition coefficient (Wildman–Crippen LogP) is 1.29. The molecule has 26 heavy (non-hydrogen) atoms. The third-order valence-electron chi connectivity index (χ3n) is 4.67. The highest BCUT2D eigenvalue weighted by molar-refractivity contribution is 7.89. The van der Waals surface area contributed by atoms with Crippen LogP contribution in [0.25, 0.3) is 0 Å². The van der Waals surface area contributed by atoms with Crippen molar-refractivity contribution >= 4 is 15.9 Å². The number of H-pyrrole nitrogens is 1. The van der Waals surface area contributed by atoms with E-state index in [0.717, 1.165) is 12.0 Å². The Bertz CT molecular complexity index is 876. The van der Waals surface area contributed by atoms with E-state index in [9.17, 15) is 13.2 Å². The molecule has 0 spiro atoms. The number of aryl methyl sites for hydroxylation is 1. The summed E-state index contributed by atoms with van der Waals surface area (Å²) >= 11 is 0. The summed E-state index contributed by atoms with van der Waals surface area (Å²) < 4.78 is 27.7. The minimum atomic E-state index is -3.64. The monoisotopic (exact) mass is 377 g/mol. The average Bonchev–Trinajstić information content (AvgIpc) is 3.14. The van der Waals surface area contributed by atoms with Crippen molar-refractivity contribution in [3.8, 4) is 0 Å². The molecule has 0 radical (unpaired) electrons. The van der Waals surface area contributed by atoms with E-state index in [2.05, 4.69) is 15.4 Å². The summed E-state index contributed by atoms with van der Waals surface area (Å²) in [5, 5.41) is 9.88. The van der Waals surface area contributed by atoms with Gasteiger partial charge in [-0.25, -0.2) is 8.42 Å². The zero-order valence-corrected chi connectivity index (χ0v) is 16.0. The fourth-order valence-electron chi connectivity index (χ4n) is 3.25. The molecule has 1 N–H and O–H groups in total. The molecule has 3 rings (SSSR count). The molecule has 1 amide bonds. The van der Waals surface area contributed by atoms with Gasteiger partial charge in [0, 0.05) is 25.2 Å². The van der Waals surface area contributed by atoms with Crippen LogP contribution < -0.4 is 0 Å². The molecular weight excluding hydrogens is 354 g/mol. The second-order valence-electron chi connectivity index (χ2n) is 6.97. The van der Waals surface area contributed by atoms with Crippen molar-refractivity contribution in [3.63, 3.8) is 0 Å². The number of hydrogen-bond donors (Lipinski definition) is 1. The van der Waals surface area contributed by atoms with Crippen LogP contribution in [-0.2, 0) is 16.4 Å². The summed E-state index contributed by atoms with van der Waals surface area (Å²) in [7, 11) is -3.64. The Kier molecular flexibility index (Phi) is 4.85. The first-order valence-electron chi connectivity index (χ1n) is 8.52. The fourth-order valence-corrected chi connectivity index (χ4v) is 5.01. The second-order valence-corrected chi connectivity index (χ2v) is 8.83.